The maximum absolute atomic E-state index is 12.7. The molecule has 0 aliphatic heterocycles. The molecule has 2 heterocycles. The van der Waals surface area contributed by atoms with Gasteiger partial charge in [-0.2, -0.15) is 0 Å². The fourth-order valence-electron chi connectivity index (χ4n) is 2.74. The first kappa shape index (κ1) is 17.9. The van der Waals surface area contributed by atoms with Gasteiger partial charge >= 0.3 is 0 Å². The van der Waals surface area contributed by atoms with E-state index in [1.807, 2.05) is 18.4 Å². The molecule has 26 heavy (non-hydrogen) atoms. The van der Waals surface area contributed by atoms with E-state index in [0.717, 1.165) is 5.52 Å². The molecule has 1 amide bonds. The molecule has 1 N–H and O–H groups in total. The fraction of sp³-hybridized carbons (Fsp3) is 0.211. The highest BCUT2D eigenvalue weighted by molar-refractivity contribution is 6.48. The van der Waals surface area contributed by atoms with Gasteiger partial charge in [0.2, 0.25) is 5.88 Å². The van der Waals surface area contributed by atoms with Crippen LogP contribution in [0.2, 0.25) is 5.02 Å². The van der Waals surface area contributed by atoms with Gasteiger partial charge in [0, 0.05) is 23.7 Å². The molecule has 134 valence electrons. The summed E-state index contributed by atoms with van der Waals surface area (Å²) in [5, 5.41) is 3.75. The Balaban J connectivity index is 1.94. The van der Waals surface area contributed by atoms with E-state index < -0.39 is 11.7 Å². The first-order valence-electron chi connectivity index (χ1n) is 8.07. The molecule has 0 fully saturated rings. The number of methoxy groups -OCH3 is 1. The Morgan fingerprint density at radius 3 is 2.62 bits per heavy atom. The zero-order chi connectivity index (χ0) is 18.8. The molecule has 0 saturated heterocycles. The third kappa shape index (κ3) is 3.28. The summed E-state index contributed by atoms with van der Waals surface area (Å²) in [5.41, 5.74) is 1.47. The van der Waals surface area contributed by atoms with Crippen LogP contribution < -0.4 is 10.1 Å². The third-order valence-corrected chi connectivity index (χ3v) is 4.32. The zero-order valence-corrected chi connectivity index (χ0v) is 15.4. The Morgan fingerprint density at radius 1 is 1.23 bits per heavy atom. The standard InChI is InChI=1S/C19H18ClN3O3/c1-11(2)23-10-14(13-5-4-6-15(20)17(13)23)18(24)19(25)22-12-7-8-16(26-3)21-9-12/h4-11H,1-3H3,(H,22,25). The number of anilines is 1. The van der Waals surface area contributed by atoms with Crippen molar-refractivity contribution in [1.82, 2.24) is 9.55 Å². The molecule has 3 rings (SSSR count). The molecular weight excluding hydrogens is 354 g/mol. The van der Waals surface area contributed by atoms with Gasteiger partial charge in [0.15, 0.2) is 0 Å². The summed E-state index contributed by atoms with van der Waals surface area (Å²) < 4.78 is 6.87. The Morgan fingerprint density at radius 2 is 2.00 bits per heavy atom. The number of hydrogen-bond donors (Lipinski definition) is 1. The van der Waals surface area contributed by atoms with E-state index >= 15 is 0 Å². The van der Waals surface area contributed by atoms with Gasteiger partial charge in [-0.1, -0.05) is 23.7 Å². The minimum atomic E-state index is -0.736. The largest absolute Gasteiger partial charge is 0.481 e. The van der Waals surface area contributed by atoms with Crippen molar-refractivity contribution in [2.24, 2.45) is 0 Å². The number of fused-ring (bicyclic) bond motifs is 1. The van der Waals surface area contributed by atoms with Gasteiger partial charge in [0.1, 0.15) is 0 Å². The van der Waals surface area contributed by atoms with E-state index in [-0.39, 0.29) is 6.04 Å². The van der Waals surface area contributed by atoms with Crippen LogP contribution in [-0.4, -0.2) is 28.4 Å². The minimum absolute atomic E-state index is 0.0906. The fourth-order valence-corrected chi connectivity index (χ4v) is 3.01. The number of hydrogen-bond acceptors (Lipinski definition) is 4. The maximum Gasteiger partial charge on any atom is 0.296 e. The summed E-state index contributed by atoms with van der Waals surface area (Å²) in [7, 11) is 1.50. The highest BCUT2D eigenvalue weighted by Gasteiger charge is 2.23. The molecule has 3 aromatic rings. The van der Waals surface area contributed by atoms with Crippen molar-refractivity contribution >= 4 is 39.9 Å². The summed E-state index contributed by atoms with van der Waals surface area (Å²) in [6.07, 6.45) is 3.10. The van der Waals surface area contributed by atoms with E-state index in [9.17, 15) is 9.59 Å². The van der Waals surface area contributed by atoms with Crippen molar-refractivity contribution < 1.29 is 14.3 Å². The lowest BCUT2D eigenvalue weighted by atomic mass is 10.1. The monoisotopic (exact) mass is 371 g/mol. The van der Waals surface area contributed by atoms with Crippen molar-refractivity contribution in [2.75, 3.05) is 12.4 Å². The lowest BCUT2D eigenvalue weighted by Gasteiger charge is -2.09. The number of pyridine rings is 1. The normalized spacial score (nSPS) is 11.0. The van der Waals surface area contributed by atoms with Crippen LogP contribution in [0.3, 0.4) is 0 Å². The second-order valence-corrected chi connectivity index (χ2v) is 6.46. The highest BCUT2D eigenvalue weighted by Crippen LogP contribution is 2.31. The van der Waals surface area contributed by atoms with Crippen molar-refractivity contribution in [3.8, 4) is 5.88 Å². The Kier molecular flexibility index (Phi) is 4.95. The van der Waals surface area contributed by atoms with E-state index in [0.29, 0.717) is 27.5 Å². The van der Waals surface area contributed by atoms with Crippen molar-refractivity contribution in [3.05, 3.63) is 53.3 Å². The van der Waals surface area contributed by atoms with Crippen molar-refractivity contribution in [3.63, 3.8) is 0 Å². The number of ether oxygens (including phenoxy) is 1. The average Bonchev–Trinajstić information content (AvgIpc) is 3.03. The van der Waals surface area contributed by atoms with Crippen molar-refractivity contribution in [1.29, 1.82) is 0 Å². The van der Waals surface area contributed by atoms with Crippen LogP contribution in [-0.2, 0) is 4.79 Å². The van der Waals surface area contributed by atoms with Gasteiger partial charge in [-0.05, 0) is 26.0 Å². The SMILES string of the molecule is COc1ccc(NC(=O)C(=O)c2cn(C(C)C)c3c(Cl)cccc23)cn1. The number of carbonyl (C=O) groups is 2. The number of amides is 1. The van der Waals surface area contributed by atoms with Crippen LogP contribution in [0.25, 0.3) is 10.9 Å². The average molecular weight is 372 g/mol. The van der Waals surface area contributed by atoms with Crippen LogP contribution in [0.5, 0.6) is 5.88 Å². The van der Waals surface area contributed by atoms with Crippen LogP contribution in [0, 0.1) is 0 Å². The molecule has 1 aromatic carbocycles. The molecular formula is C19H18ClN3O3. The second-order valence-electron chi connectivity index (χ2n) is 6.05. The Bertz CT molecular complexity index is 978. The van der Waals surface area contributed by atoms with Crippen LogP contribution in [0.1, 0.15) is 30.2 Å². The summed E-state index contributed by atoms with van der Waals surface area (Å²) in [4.78, 5) is 29.1. The Labute approximate surface area is 155 Å². The van der Waals surface area contributed by atoms with Crippen molar-refractivity contribution in [2.45, 2.75) is 19.9 Å². The second kappa shape index (κ2) is 7.17. The van der Waals surface area contributed by atoms with Gasteiger partial charge in [-0.15, -0.1) is 0 Å². The van der Waals surface area contributed by atoms with Gasteiger partial charge in [-0.3, -0.25) is 9.59 Å². The van der Waals surface area contributed by atoms with Gasteiger partial charge in [0.25, 0.3) is 11.7 Å². The number of para-hydroxylation sites is 1. The van der Waals surface area contributed by atoms with Gasteiger partial charge < -0.3 is 14.6 Å². The van der Waals surface area contributed by atoms with E-state index in [2.05, 4.69) is 10.3 Å². The van der Waals surface area contributed by atoms with Gasteiger partial charge in [-0.25, -0.2) is 4.98 Å². The van der Waals surface area contributed by atoms with E-state index in [1.54, 1.807) is 36.5 Å². The molecule has 7 heteroatoms. The van der Waals surface area contributed by atoms with Crippen LogP contribution >= 0.6 is 11.6 Å². The minimum Gasteiger partial charge on any atom is -0.481 e. The lowest BCUT2D eigenvalue weighted by Crippen LogP contribution is -2.22. The summed E-state index contributed by atoms with van der Waals surface area (Å²) in [6.45, 7) is 3.97. The molecule has 6 nitrogen and oxygen atoms in total. The molecule has 0 atom stereocenters. The van der Waals surface area contributed by atoms with E-state index in [4.69, 9.17) is 16.3 Å². The number of carbonyl (C=O) groups excluding carboxylic acids is 2. The van der Waals surface area contributed by atoms with Gasteiger partial charge in [0.05, 0.1) is 35.1 Å². The molecule has 2 aromatic heterocycles. The first-order valence-corrected chi connectivity index (χ1v) is 8.45. The molecule has 0 aliphatic carbocycles. The topological polar surface area (TPSA) is 73.2 Å². The smallest absolute Gasteiger partial charge is 0.296 e. The maximum atomic E-state index is 12.7. The molecule has 0 unspecified atom stereocenters. The number of halogens is 1. The molecule has 0 radical (unpaired) electrons. The summed E-state index contributed by atoms with van der Waals surface area (Å²) in [5.74, 6) is -0.948. The number of nitrogens with zero attached hydrogens (tertiary/aromatic N) is 2. The first-order chi connectivity index (χ1) is 12.4. The molecule has 0 bridgehead atoms. The molecule has 0 aliphatic rings. The molecule has 0 spiro atoms. The zero-order valence-electron chi connectivity index (χ0n) is 14.6. The summed E-state index contributed by atoms with van der Waals surface area (Å²) >= 11 is 6.31. The predicted molar refractivity (Wildman–Crippen MR) is 101 cm³/mol. The number of nitrogens with one attached hydrogen (secondary N) is 1. The third-order valence-electron chi connectivity index (χ3n) is 4.01. The number of aromatic nitrogens is 2. The predicted octanol–water partition coefficient (Wildman–Crippen LogP) is 4.10. The van der Waals surface area contributed by atoms with E-state index in [1.165, 1.54) is 13.3 Å². The highest BCUT2D eigenvalue weighted by atomic mass is 35.5. The number of rotatable bonds is 5. The van der Waals surface area contributed by atoms with Crippen LogP contribution in [0.15, 0.2) is 42.7 Å². The number of benzene rings is 1. The Hall–Kier alpha value is -2.86. The lowest BCUT2D eigenvalue weighted by molar-refractivity contribution is -0.112. The molecule has 0 saturated carbocycles. The number of ketones is 1. The van der Waals surface area contributed by atoms with Crippen LogP contribution in [0.4, 0.5) is 5.69 Å². The summed E-state index contributed by atoms with van der Waals surface area (Å²) in [6, 6.07) is 8.62. The number of Topliss-reactive ketones (excluding diaryl/α,β-unsaturated/α-hetero) is 1. The quantitative estimate of drug-likeness (QED) is 0.541.